The maximum Gasteiger partial charge on any atom is 0.317 e. The molecule has 1 aliphatic carbocycles. The summed E-state index contributed by atoms with van der Waals surface area (Å²) in [5.74, 6) is -2.68. The third-order valence-electron chi connectivity index (χ3n) is 7.77. The standard InChI is InChI=1S/C30H54N4O9/c1-32(20-28(37)38)13-14-33(15-16-34(21-29(39)40)22-30(41)42)19-25(35)12-8-3-2-4-9-17-43-23-27(36)26(31)18-24-10-6-5-7-11-24/h24,26H,2-23,31H2,1H3,(H,37,38)(H,39,40)(H,41,42)/t26-/m1/s1. The van der Waals surface area contributed by atoms with E-state index in [1.165, 1.54) is 37.0 Å². The zero-order valence-corrected chi connectivity index (χ0v) is 25.9. The van der Waals surface area contributed by atoms with Crippen LogP contribution in [0.4, 0.5) is 0 Å². The summed E-state index contributed by atoms with van der Waals surface area (Å²) in [5, 5.41) is 27.1. The van der Waals surface area contributed by atoms with E-state index < -0.39 is 37.0 Å². The van der Waals surface area contributed by atoms with E-state index in [2.05, 4.69) is 0 Å². The number of carboxylic acid groups (broad SMARTS) is 3. The maximum absolute atomic E-state index is 12.7. The van der Waals surface area contributed by atoms with Crippen molar-refractivity contribution >= 4 is 29.5 Å². The average Bonchev–Trinajstić information content (AvgIpc) is 2.92. The summed E-state index contributed by atoms with van der Waals surface area (Å²) in [4.78, 5) is 62.8. The van der Waals surface area contributed by atoms with Crippen molar-refractivity contribution in [2.24, 2.45) is 11.7 Å². The molecular weight excluding hydrogens is 560 g/mol. The van der Waals surface area contributed by atoms with Gasteiger partial charge in [0.2, 0.25) is 0 Å². The van der Waals surface area contributed by atoms with Crippen LogP contribution in [-0.4, -0.2) is 138 Å². The Balaban J connectivity index is 2.29. The molecule has 0 radical (unpaired) electrons. The molecule has 0 amide bonds. The van der Waals surface area contributed by atoms with Crippen molar-refractivity contribution in [2.75, 3.05) is 72.6 Å². The molecule has 13 heteroatoms. The van der Waals surface area contributed by atoms with E-state index in [0.29, 0.717) is 32.0 Å². The molecule has 43 heavy (non-hydrogen) atoms. The van der Waals surface area contributed by atoms with Gasteiger partial charge in [0.05, 0.1) is 32.2 Å². The fraction of sp³-hybridized carbons (Fsp3) is 0.833. The Hall–Kier alpha value is -2.45. The van der Waals surface area contributed by atoms with Gasteiger partial charge in [-0.15, -0.1) is 0 Å². The van der Waals surface area contributed by atoms with Crippen LogP contribution in [0.3, 0.4) is 0 Å². The molecule has 0 heterocycles. The van der Waals surface area contributed by atoms with Crippen LogP contribution in [0, 0.1) is 5.92 Å². The second-order valence-corrected chi connectivity index (χ2v) is 11.8. The highest BCUT2D eigenvalue weighted by Crippen LogP contribution is 2.27. The molecule has 0 aliphatic heterocycles. The molecule has 0 unspecified atom stereocenters. The van der Waals surface area contributed by atoms with E-state index in [0.717, 1.165) is 38.5 Å². The third-order valence-corrected chi connectivity index (χ3v) is 7.77. The minimum Gasteiger partial charge on any atom is -0.480 e. The smallest absolute Gasteiger partial charge is 0.317 e. The normalized spacial score (nSPS) is 14.8. The van der Waals surface area contributed by atoms with Gasteiger partial charge in [-0.3, -0.25) is 38.7 Å². The fourth-order valence-electron chi connectivity index (χ4n) is 5.35. The van der Waals surface area contributed by atoms with Crippen molar-refractivity contribution in [3.05, 3.63) is 0 Å². The quantitative estimate of drug-likeness (QED) is 0.0976. The van der Waals surface area contributed by atoms with Crippen molar-refractivity contribution in [2.45, 2.75) is 83.1 Å². The number of Topliss-reactive ketones (excluding diaryl/α,β-unsaturated/α-hetero) is 2. The van der Waals surface area contributed by atoms with Crippen molar-refractivity contribution in [3.63, 3.8) is 0 Å². The minimum absolute atomic E-state index is 0.0234. The van der Waals surface area contributed by atoms with Gasteiger partial charge in [0.1, 0.15) is 12.4 Å². The first kappa shape index (κ1) is 38.6. The maximum atomic E-state index is 12.7. The Labute approximate surface area is 255 Å². The molecule has 0 bridgehead atoms. The molecule has 1 rings (SSSR count). The Morgan fingerprint density at radius 3 is 1.93 bits per heavy atom. The number of rotatable bonds is 27. The summed E-state index contributed by atoms with van der Waals surface area (Å²) in [7, 11) is 1.66. The van der Waals surface area contributed by atoms with Gasteiger partial charge in [-0.05, 0) is 32.2 Å². The van der Waals surface area contributed by atoms with E-state index in [-0.39, 0.29) is 44.4 Å². The van der Waals surface area contributed by atoms with Crippen LogP contribution in [0.5, 0.6) is 0 Å². The summed E-state index contributed by atoms with van der Waals surface area (Å²) >= 11 is 0. The molecule has 0 saturated heterocycles. The number of unbranched alkanes of at least 4 members (excludes halogenated alkanes) is 4. The number of hydrogen-bond acceptors (Lipinski definition) is 10. The number of nitrogens with two attached hydrogens (primary N) is 1. The van der Waals surface area contributed by atoms with Gasteiger partial charge in [0, 0.05) is 39.2 Å². The number of aliphatic carboxylic acids is 3. The van der Waals surface area contributed by atoms with E-state index in [4.69, 9.17) is 25.8 Å². The van der Waals surface area contributed by atoms with Gasteiger partial charge in [-0.2, -0.15) is 0 Å². The van der Waals surface area contributed by atoms with Crippen molar-refractivity contribution in [3.8, 4) is 0 Å². The summed E-state index contributed by atoms with van der Waals surface area (Å²) in [6.45, 7) is 0.888. The van der Waals surface area contributed by atoms with Crippen LogP contribution in [0.2, 0.25) is 0 Å². The lowest BCUT2D eigenvalue weighted by molar-refractivity contribution is -0.142. The molecule has 1 aliphatic rings. The highest BCUT2D eigenvalue weighted by Gasteiger charge is 2.21. The number of hydrogen-bond donors (Lipinski definition) is 4. The molecule has 13 nitrogen and oxygen atoms in total. The lowest BCUT2D eigenvalue weighted by atomic mass is 9.84. The van der Waals surface area contributed by atoms with Crippen LogP contribution in [0.1, 0.15) is 77.0 Å². The van der Waals surface area contributed by atoms with Crippen molar-refractivity contribution in [1.29, 1.82) is 0 Å². The molecule has 1 saturated carbocycles. The van der Waals surface area contributed by atoms with E-state index in [1.807, 2.05) is 4.90 Å². The molecule has 0 aromatic heterocycles. The predicted octanol–water partition coefficient (Wildman–Crippen LogP) is 1.57. The molecular formula is C30H54N4O9. The lowest BCUT2D eigenvalue weighted by Crippen LogP contribution is -2.44. The molecule has 0 aromatic rings. The monoisotopic (exact) mass is 614 g/mol. The number of carboxylic acids is 3. The predicted molar refractivity (Wildman–Crippen MR) is 161 cm³/mol. The second-order valence-electron chi connectivity index (χ2n) is 11.8. The molecule has 0 spiro atoms. The van der Waals surface area contributed by atoms with Gasteiger partial charge >= 0.3 is 17.9 Å². The van der Waals surface area contributed by atoms with Crippen molar-refractivity contribution < 1.29 is 44.0 Å². The zero-order valence-electron chi connectivity index (χ0n) is 25.9. The molecule has 1 fully saturated rings. The fourth-order valence-corrected chi connectivity index (χ4v) is 5.35. The zero-order chi connectivity index (χ0) is 32.0. The van der Waals surface area contributed by atoms with Gasteiger partial charge in [0.25, 0.3) is 0 Å². The molecule has 248 valence electrons. The minimum atomic E-state index is -1.14. The van der Waals surface area contributed by atoms with Crippen LogP contribution >= 0.6 is 0 Å². The van der Waals surface area contributed by atoms with Crippen LogP contribution in [0.15, 0.2) is 0 Å². The van der Waals surface area contributed by atoms with E-state index >= 15 is 0 Å². The number of carbonyl (C=O) groups excluding carboxylic acids is 2. The lowest BCUT2D eigenvalue weighted by Gasteiger charge is -2.27. The Morgan fingerprint density at radius 1 is 0.744 bits per heavy atom. The average molecular weight is 615 g/mol. The summed E-state index contributed by atoms with van der Waals surface area (Å²) in [6.07, 6.45) is 11.5. The number of ether oxygens (including phenoxy) is 1. The van der Waals surface area contributed by atoms with Crippen molar-refractivity contribution in [1.82, 2.24) is 14.7 Å². The number of likely N-dealkylation sites (N-methyl/N-ethyl adjacent to an activating group) is 1. The highest BCUT2D eigenvalue weighted by molar-refractivity contribution is 5.84. The Bertz CT molecular complexity index is 835. The summed E-state index contributed by atoms with van der Waals surface area (Å²) in [6, 6.07) is -0.435. The first-order valence-electron chi connectivity index (χ1n) is 15.6. The van der Waals surface area contributed by atoms with Gasteiger partial charge < -0.3 is 25.8 Å². The van der Waals surface area contributed by atoms with Gasteiger partial charge in [-0.1, -0.05) is 51.4 Å². The highest BCUT2D eigenvalue weighted by atomic mass is 16.5. The first-order valence-corrected chi connectivity index (χ1v) is 15.6. The molecule has 1 atom stereocenters. The number of carbonyl (C=O) groups is 5. The summed E-state index contributed by atoms with van der Waals surface area (Å²) < 4.78 is 5.54. The summed E-state index contributed by atoms with van der Waals surface area (Å²) in [5.41, 5.74) is 6.08. The van der Waals surface area contributed by atoms with Crippen LogP contribution in [0.25, 0.3) is 0 Å². The third kappa shape index (κ3) is 21.0. The van der Waals surface area contributed by atoms with E-state index in [9.17, 15) is 24.0 Å². The van der Waals surface area contributed by atoms with Gasteiger partial charge in [0.15, 0.2) is 5.78 Å². The number of ketones is 2. The molecule has 0 aromatic carbocycles. The van der Waals surface area contributed by atoms with Crippen LogP contribution in [-0.2, 0) is 28.7 Å². The number of nitrogens with zero attached hydrogens (tertiary/aromatic N) is 3. The second kappa shape index (κ2) is 23.0. The topological polar surface area (TPSA) is 191 Å². The first-order chi connectivity index (χ1) is 20.5. The van der Waals surface area contributed by atoms with Crippen LogP contribution < -0.4 is 5.73 Å². The Morgan fingerprint density at radius 2 is 1.30 bits per heavy atom. The Kier molecular flexibility index (Phi) is 20.6. The largest absolute Gasteiger partial charge is 0.480 e. The SMILES string of the molecule is CN(CCN(CCN(CC(=O)O)CC(=O)O)CC(=O)CCCCCCCOCC(=O)[C@H](N)CC1CCCCC1)CC(=O)O. The molecule has 5 N–H and O–H groups in total. The van der Waals surface area contributed by atoms with E-state index in [1.54, 1.807) is 11.9 Å². The van der Waals surface area contributed by atoms with Gasteiger partial charge in [-0.25, -0.2) is 0 Å².